The fourth-order valence-corrected chi connectivity index (χ4v) is 2.55. The highest BCUT2D eigenvalue weighted by atomic mass is 32.1. The molecule has 0 spiro atoms. The molecule has 1 heterocycles. The molecule has 1 aliphatic heterocycles. The number of aliphatic hydroxyl groups excluding tert-OH is 4. The molecule has 0 saturated carbocycles. The summed E-state index contributed by atoms with van der Waals surface area (Å²) in [7, 11) is 0. The zero-order valence-corrected chi connectivity index (χ0v) is 14.5. The Bertz CT molecular complexity index is 364. The van der Waals surface area contributed by atoms with E-state index in [0.29, 0.717) is 13.1 Å². The minimum absolute atomic E-state index is 0.266. The van der Waals surface area contributed by atoms with E-state index in [2.05, 4.69) is 16.0 Å². The van der Waals surface area contributed by atoms with Gasteiger partial charge in [0.2, 0.25) is 0 Å². The minimum atomic E-state index is -1.42. The van der Waals surface area contributed by atoms with Crippen molar-refractivity contribution in [3.8, 4) is 0 Å². The topological polar surface area (TPSA) is 152 Å². The maximum Gasteiger partial charge on any atom is 0.168 e. The Labute approximate surface area is 147 Å². The third-order valence-corrected chi connectivity index (χ3v) is 4.05. The van der Waals surface area contributed by atoms with Gasteiger partial charge in [0.15, 0.2) is 11.3 Å². The van der Waals surface area contributed by atoms with Crippen LogP contribution >= 0.6 is 12.2 Å². The van der Waals surface area contributed by atoms with Gasteiger partial charge in [-0.15, -0.1) is 0 Å². The maximum atomic E-state index is 9.90. The van der Waals surface area contributed by atoms with Crippen molar-refractivity contribution in [2.45, 2.75) is 49.9 Å². The molecule has 1 aliphatic rings. The molecule has 1 fully saturated rings. The lowest BCUT2D eigenvalue weighted by molar-refractivity contribution is -0.232. The smallest absolute Gasteiger partial charge is 0.168 e. The molecule has 0 bridgehead atoms. The first-order valence-corrected chi connectivity index (χ1v) is 8.67. The molecule has 1 saturated heterocycles. The molecule has 24 heavy (non-hydrogen) atoms. The summed E-state index contributed by atoms with van der Waals surface area (Å²) in [6, 6.07) is 0. The van der Waals surface area contributed by atoms with E-state index in [0.717, 1.165) is 32.4 Å². The van der Waals surface area contributed by atoms with Gasteiger partial charge in [0.1, 0.15) is 24.4 Å². The number of nitrogens with one attached hydrogen (secondary N) is 3. The van der Waals surface area contributed by atoms with Gasteiger partial charge in [-0.1, -0.05) is 0 Å². The molecule has 9 nitrogen and oxygen atoms in total. The van der Waals surface area contributed by atoms with E-state index >= 15 is 0 Å². The van der Waals surface area contributed by atoms with Gasteiger partial charge in [0, 0.05) is 6.54 Å². The summed E-state index contributed by atoms with van der Waals surface area (Å²) in [6.07, 6.45) is -3.19. The second kappa shape index (κ2) is 11.9. The van der Waals surface area contributed by atoms with Crippen molar-refractivity contribution in [3.63, 3.8) is 0 Å². The van der Waals surface area contributed by atoms with Crippen molar-refractivity contribution < 1.29 is 25.2 Å². The van der Waals surface area contributed by atoms with Crippen LogP contribution in [0.2, 0.25) is 0 Å². The number of nitrogens with two attached hydrogens (primary N) is 1. The van der Waals surface area contributed by atoms with Crippen LogP contribution in [0.4, 0.5) is 0 Å². The Morgan fingerprint density at radius 3 is 2.38 bits per heavy atom. The molecule has 0 radical (unpaired) electrons. The largest absolute Gasteiger partial charge is 0.394 e. The normalized spacial score (nSPS) is 30.1. The minimum Gasteiger partial charge on any atom is -0.394 e. The van der Waals surface area contributed by atoms with E-state index in [1.54, 1.807) is 0 Å². The van der Waals surface area contributed by atoms with E-state index < -0.39 is 37.3 Å². The van der Waals surface area contributed by atoms with Crippen LogP contribution in [0.15, 0.2) is 0 Å². The van der Waals surface area contributed by atoms with Crippen molar-refractivity contribution in [1.82, 2.24) is 16.0 Å². The van der Waals surface area contributed by atoms with Gasteiger partial charge in [-0.05, 0) is 51.1 Å². The van der Waals surface area contributed by atoms with Crippen LogP contribution in [0.5, 0.6) is 0 Å². The van der Waals surface area contributed by atoms with Crippen LogP contribution in [0, 0.1) is 0 Å². The van der Waals surface area contributed by atoms with Gasteiger partial charge in [0.05, 0.1) is 6.61 Å². The van der Waals surface area contributed by atoms with Crippen LogP contribution in [0.1, 0.15) is 19.3 Å². The van der Waals surface area contributed by atoms with Gasteiger partial charge in [-0.3, -0.25) is 0 Å². The lowest BCUT2D eigenvalue weighted by atomic mass is 9.98. The van der Waals surface area contributed by atoms with E-state index in [-0.39, 0.29) is 5.11 Å². The summed E-state index contributed by atoms with van der Waals surface area (Å²) in [5.41, 5.74) is 5.41. The summed E-state index contributed by atoms with van der Waals surface area (Å²) in [4.78, 5) is 0. The molecule has 0 unspecified atom stereocenters. The lowest BCUT2D eigenvalue weighted by Gasteiger charge is -2.40. The number of unbranched alkanes of at least 4 members (excludes halogenated alkanes) is 1. The van der Waals surface area contributed by atoms with Gasteiger partial charge in [-0.2, -0.15) is 0 Å². The molecule has 142 valence electrons. The number of hydrogen-bond donors (Lipinski definition) is 8. The first kappa shape index (κ1) is 21.5. The average Bonchev–Trinajstić information content (AvgIpc) is 2.57. The predicted octanol–water partition coefficient (Wildman–Crippen LogP) is -3.03. The first-order chi connectivity index (χ1) is 11.5. The van der Waals surface area contributed by atoms with Crippen molar-refractivity contribution in [2.24, 2.45) is 5.73 Å². The Kier molecular flexibility index (Phi) is 10.6. The number of hydrogen-bond acceptors (Lipinski definition) is 8. The van der Waals surface area contributed by atoms with Crippen molar-refractivity contribution in [1.29, 1.82) is 0 Å². The van der Waals surface area contributed by atoms with Crippen LogP contribution in [-0.2, 0) is 4.74 Å². The maximum absolute atomic E-state index is 9.90. The monoisotopic (exact) mass is 366 g/mol. The Morgan fingerprint density at radius 2 is 1.71 bits per heavy atom. The molecule has 0 aromatic rings. The highest BCUT2D eigenvalue weighted by molar-refractivity contribution is 7.80. The summed E-state index contributed by atoms with van der Waals surface area (Å²) >= 11 is 5.11. The quantitative estimate of drug-likeness (QED) is 0.148. The van der Waals surface area contributed by atoms with E-state index in [4.69, 9.17) is 27.8 Å². The molecule has 0 aromatic carbocycles. The second-order valence-electron chi connectivity index (χ2n) is 5.75. The number of ether oxygens (including phenoxy) is 1. The Morgan fingerprint density at radius 1 is 1.00 bits per heavy atom. The fraction of sp³-hybridized carbons (Fsp3) is 0.929. The van der Waals surface area contributed by atoms with E-state index in [1.807, 2.05) is 0 Å². The highest BCUT2D eigenvalue weighted by Gasteiger charge is 2.43. The Balaban J connectivity index is 2.20. The van der Waals surface area contributed by atoms with E-state index in [9.17, 15) is 15.3 Å². The molecule has 0 amide bonds. The number of thiocarbonyl (C=S) groups is 1. The second-order valence-corrected chi connectivity index (χ2v) is 6.16. The van der Waals surface area contributed by atoms with E-state index in [1.165, 1.54) is 0 Å². The summed E-state index contributed by atoms with van der Waals surface area (Å²) in [5, 5.41) is 47.7. The fourth-order valence-electron chi connectivity index (χ4n) is 2.34. The zero-order chi connectivity index (χ0) is 17.9. The highest BCUT2D eigenvalue weighted by Crippen LogP contribution is 2.19. The van der Waals surface area contributed by atoms with Gasteiger partial charge < -0.3 is 46.8 Å². The summed E-state index contributed by atoms with van der Waals surface area (Å²) in [5.74, 6) is 0. The van der Waals surface area contributed by atoms with Crippen molar-refractivity contribution >= 4 is 17.3 Å². The molecular formula is C14H30N4O5S. The predicted molar refractivity (Wildman–Crippen MR) is 93.3 cm³/mol. The van der Waals surface area contributed by atoms with Crippen molar-refractivity contribution in [3.05, 3.63) is 0 Å². The van der Waals surface area contributed by atoms with Crippen LogP contribution in [0.25, 0.3) is 0 Å². The summed E-state index contributed by atoms with van der Waals surface area (Å²) in [6.45, 7) is 2.65. The third kappa shape index (κ3) is 7.11. The molecular weight excluding hydrogens is 336 g/mol. The molecule has 0 aliphatic carbocycles. The number of rotatable bonds is 10. The van der Waals surface area contributed by atoms with Crippen LogP contribution in [-0.4, -0.2) is 89.0 Å². The molecule has 5 atom stereocenters. The van der Waals surface area contributed by atoms with Gasteiger partial charge >= 0.3 is 0 Å². The van der Waals surface area contributed by atoms with Crippen molar-refractivity contribution in [2.75, 3.05) is 32.8 Å². The average molecular weight is 366 g/mol. The Hall–Kier alpha value is -0.590. The van der Waals surface area contributed by atoms with Gasteiger partial charge in [-0.25, -0.2) is 0 Å². The van der Waals surface area contributed by atoms with Crippen LogP contribution < -0.4 is 21.7 Å². The number of aliphatic hydroxyl groups is 4. The zero-order valence-electron chi connectivity index (χ0n) is 13.7. The molecule has 10 heteroatoms. The first-order valence-electron chi connectivity index (χ1n) is 8.27. The third-order valence-electron chi connectivity index (χ3n) is 3.79. The lowest BCUT2D eigenvalue weighted by Crippen LogP contribution is -2.64. The van der Waals surface area contributed by atoms with Crippen LogP contribution in [0.3, 0.4) is 0 Å². The standard InChI is InChI=1S/C14H30N4O5S/c15-4-1-2-5-16-6-3-7-17-14(24)18-13-12(22)11(21)10(20)9(8-19)23-13/h9-13,16,19-22H,1-8,15H2,(H2,17,18,24)/t9-,10-,11+,12+,13+/m1/s1. The molecule has 0 aromatic heterocycles. The molecule has 9 N–H and O–H groups in total. The SMILES string of the molecule is NCCCCNCCCNC(=S)N[C@H]1O[C@H](CO)[C@@H](O)[C@H](O)[C@@H]1O. The summed E-state index contributed by atoms with van der Waals surface area (Å²) < 4.78 is 5.31. The molecule has 1 rings (SSSR count). The van der Waals surface area contributed by atoms with Gasteiger partial charge in [0.25, 0.3) is 0 Å².